The quantitative estimate of drug-likeness (QED) is 0.529. The predicted molar refractivity (Wildman–Crippen MR) is 140 cm³/mol. The van der Waals surface area contributed by atoms with Crippen LogP contribution in [0.15, 0.2) is 64.8 Å². The lowest BCUT2D eigenvalue weighted by molar-refractivity contribution is -0.140. The molecular formula is C27H31N3O4S. The number of allylic oxidation sites excluding steroid dienone is 1. The van der Waals surface area contributed by atoms with E-state index in [1.165, 1.54) is 0 Å². The van der Waals surface area contributed by atoms with Gasteiger partial charge in [0.2, 0.25) is 0 Å². The molecule has 2 aliphatic heterocycles. The molecular weight excluding hydrogens is 462 g/mol. The van der Waals surface area contributed by atoms with Crippen molar-refractivity contribution < 1.29 is 19.1 Å². The average Bonchev–Trinajstić information content (AvgIpc) is 2.86. The molecule has 0 radical (unpaired) electrons. The molecule has 184 valence electrons. The van der Waals surface area contributed by atoms with Crippen LogP contribution in [0.1, 0.15) is 49.2 Å². The van der Waals surface area contributed by atoms with E-state index in [9.17, 15) is 9.59 Å². The maximum Gasteiger partial charge on any atom is 0.338 e. The Morgan fingerprint density at radius 3 is 2.69 bits per heavy atom. The molecule has 1 amide bonds. The van der Waals surface area contributed by atoms with Crippen LogP contribution >= 0.6 is 11.8 Å². The Balaban J connectivity index is 1.64. The van der Waals surface area contributed by atoms with E-state index in [-0.39, 0.29) is 23.8 Å². The van der Waals surface area contributed by atoms with Crippen molar-refractivity contribution in [2.24, 2.45) is 10.9 Å². The average molecular weight is 494 g/mol. The molecule has 0 spiro atoms. The molecule has 0 bridgehead atoms. The Hall–Kier alpha value is -3.26. The zero-order valence-corrected chi connectivity index (χ0v) is 21.4. The summed E-state index contributed by atoms with van der Waals surface area (Å²) in [5.41, 5.74) is 3.32. The number of rotatable bonds is 7. The molecule has 7 nitrogen and oxygen atoms in total. The van der Waals surface area contributed by atoms with Crippen LogP contribution in [0.3, 0.4) is 0 Å². The molecule has 2 heterocycles. The summed E-state index contributed by atoms with van der Waals surface area (Å²) >= 11 is 1.71. The topological polar surface area (TPSA) is 80.2 Å². The van der Waals surface area contributed by atoms with Crippen LogP contribution < -0.4 is 10.1 Å². The summed E-state index contributed by atoms with van der Waals surface area (Å²) in [6.45, 7) is 7.05. The van der Waals surface area contributed by atoms with Gasteiger partial charge in [-0.3, -0.25) is 4.79 Å². The van der Waals surface area contributed by atoms with Gasteiger partial charge in [-0.2, -0.15) is 0 Å². The van der Waals surface area contributed by atoms with Crippen LogP contribution in [0.25, 0.3) is 0 Å². The molecule has 1 atom stereocenters. The van der Waals surface area contributed by atoms with Crippen molar-refractivity contribution in [3.05, 3.63) is 70.9 Å². The fraction of sp³-hybridized carbons (Fsp3) is 0.370. The summed E-state index contributed by atoms with van der Waals surface area (Å²) in [7, 11) is 1.59. The van der Waals surface area contributed by atoms with Crippen molar-refractivity contribution in [1.82, 2.24) is 4.90 Å². The van der Waals surface area contributed by atoms with Gasteiger partial charge in [0.15, 0.2) is 5.17 Å². The first-order chi connectivity index (χ1) is 16.9. The molecule has 4 rings (SSSR count). The van der Waals surface area contributed by atoms with Crippen molar-refractivity contribution >= 4 is 34.5 Å². The monoisotopic (exact) mass is 493 g/mol. The molecule has 2 aliphatic rings. The number of esters is 1. The minimum Gasteiger partial charge on any atom is -0.497 e. The summed E-state index contributed by atoms with van der Waals surface area (Å²) in [4.78, 5) is 33.0. The van der Waals surface area contributed by atoms with E-state index in [2.05, 4.69) is 10.2 Å². The third-order valence-electron chi connectivity index (χ3n) is 5.84. The van der Waals surface area contributed by atoms with Crippen molar-refractivity contribution in [1.29, 1.82) is 0 Å². The highest BCUT2D eigenvalue weighted by molar-refractivity contribution is 8.13. The standard InChI is InChI=1S/C27H31N3O4S/c1-17(2)16-34-26(32)23-18(3)28-27-30(13-6-14-35-27)24(23)20-7-5-8-21(15-20)29-25(31)19-9-11-22(33-4)12-10-19/h5,7-12,15,17,24H,6,13-14,16H2,1-4H3,(H,29,31). The first kappa shape index (κ1) is 24.9. The number of carbonyl (C=O) groups is 2. The number of amidine groups is 1. The number of thioether (sulfide) groups is 1. The maximum absolute atomic E-state index is 13.2. The number of nitrogens with zero attached hydrogens (tertiary/aromatic N) is 2. The lowest BCUT2D eigenvalue weighted by Crippen LogP contribution is -2.42. The summed E-state index contributed by atoms with van der Waals surface area (Å²) in [5, 5.41) is 3.90. The number of anilines is 1. The summed E-state index contributed by atoms with van der Waals surface area (Å²) < 4.78 is 10.8. The van der Waals surface area contributed by atoms with Crippen LogP contribution in [-0.4, -0.2) is 48.0 Å². The van der Waals surface area contributed by atoms with Gasteiger partial charge in [-0.05, 0) is 61.2 Å². The molecule has 2 aromatic rings. The number of aliphatic imine (C=N–C) groups is 1. The Labute approximate surface area is 210 Å². The smallest absolute Gasteiger partial charge is 0.338 e. The lowest BCUT2D eigenvalue weighted by atomic mass is 9.94. The molecule has 1 saturated heterocycles. The van der Waals surface area contributed by atoms with Crippen molar-refractivity contribution in [2.75, 3.05) is 31.3 Å². The van der Waals surface area contributed by atoms with Crippen LogP contribution in [0.5, 0.6) is 5.75 Å². The molecule has 1 unspecified atom stereocenters. The van der Waals surface area contributed by atoms with Gasteiger partial charge >= 0.3 is 5.97 Å². The second-order valence-corrected chi connectivity index (χ2v) is 10.1. The second kappa shape index (κ2) is 11.0. The van der Waals surface area contributed by atoms with Gasteiger partial charge < -0.3 is 19.7 Å². The summed E-state index contributed by atoms with van der Waals surface area (Å²) in [6.07, 6.45) is 1.00. The van der Waals surface area contributed by atoms with Crippen LogP contribution in [0.2, 0.25) is 0 Å². The van der Waals surface area contributed by atoms with Crippen molar-refractivity contribution in [2.45, 2.75) is 33.2 Å². The second-order valence-electron chi connectivity index (χ2n) is 8.99. The van der Waals surface area contributed by atoms with E-state index >= 15 is 0 Å². The Morgan fingerprint density at radius 2 is 1.97 bits per heavy atom. The van der Waals surface area contributed by atoms with Crippen LogP contribution in [0, 0.1) is 5.92 Å². The molecule has 8 heteroatoms. The number of hydrogen-bond acceptors (Lipinski definition) is 7. The zero-order valence-electron chi connectivity index (χ0n) is 20.5. The highest BCUT2D eigenvalue weighted by atomic mass is 32.2. The minimum atomic E-state index is -0.341. The van der Waals surface area contributed by atoms with Gasteiger partial charge in [-0.1, -0.05) is 37.7 Å². The Bertz CT molecular complexity index is 1160. The van der Waals surface area contributed by atoms with E-state index in [0.29, 0.717) is 34.9 Å². The van der Waals surface area contributed by atoms with Gasteiger partial charge in [0, 0.05) is 23.5 Å². The molecule has 1 N–H and O–H groups in total. The van der Waals surface area contributed by atoms with Crippen LogP contribution in [0.4, 0.5) is 5.69 Å². The number of methoxy groups -OCH3 is 1. The number of carbonyl (C=O) groups excluding carboxylic acids is 2. The normalized spacial score (nSPS) is 17.6. The Kier molecular flexibility index (Phi) is 7.80. The SMILES string of the molecule is COc1ccc(C(=O)Nc2cccc(C3C(C(=O)OCC(C)C)=C(C)N=C4SCCCN43)c2)cc1. The lowest BCUT2D eigenvalue weighted by Gasteiger charge is -2.40. The molecule has 0 aromatic heterocycles. The van der Waals surface area contributed by atoms with E-state index in [1.807, 2.05) is 45.0 Å². The van der Waals surface area contributed by atoms with E-state index in [1.54, 1.807) is 43.1 Å². The molecule has 1 fully saturated rings. The Morgan fingerprint density at radius 1 is 1.20 bits per heavy atom. The van der Waals surface area contributed by atoms with Gasteiger partial charge in [0.25, 0.3) is 5.91 Å². The van der Waals surface area contributed by atoms with Crippen molar-refractivity contribution in [3.63, 3.8) is 0 Å². The van der Waals surface area contributed by atoms with E-state index in [0.717, 1.165) is 29.4 Å². The van der Waals surface area contributed by atoms with Crippen molar-refractivity contribution in [3.8, 4) is 5.75 Å². The van der Waals surface area contributed by atoms with E-state index in [4.69, 9.17) is 14.5 Å². The molecule has 2 aromatic carbocycles. The first-order valence-corrected chi connectivity index (χ1v) is 12.8. The highest BCUT2D eigenvalue weighted by Gasteiger charge is 2.38. The predicted octanol–water partition coefficient (Wildman–Crippen LogP) is 5.27. The molecule has 0 saturated carbocycles. The third kappa shape index (κ3) is 5.70. The van der Waals surface area contributed by atoms with Gasteiger partial charge in [-0.15, -0.1) is 0 Å². The number of ether oxygens (including phenoxy) is 2. The maximum atomic E-state index is 13.2. The first-order valence-electron chi connectivity index (χ1n) is 11.8. The number of nitrogens with one attached hydrogen (secondary N) is 1. The number of benzene rings is 2. The van der Waals surface area contributed by atoms with Gasteiger partial charge in [-0.25, -0.2) is 9.79 Å². The fourth-order valence-electron chi connectivity index (χ4n) is 4.13. The molecule has 35 heavy (non-hydrogen) atoms. The highest BCUT2D eigenvalue weighted by Crippen LogP contribution is 2.40. The van der Waals surface area contributed by atoms with Gasteiger partial charge in [0.1, 0.15) is 5.75 Å². The summed E-state index contributed by atoms with van der Waals surface area (Å²) in [6, 6.07) is 14.3. The number of hydrogen-bond donors (Lipinski definition) is 1. The third-order valence-corrected chi connectivity index (χ3v) is 6.92. The van der Waals surface area contributed by atoms with Gasteiger partial charge in [0.05, 0.1) is 31.0 Å². The number of fused-ring (bicyclic) bond motifs is 1. The largest absolute Gasteiger partial charge is 0.497 e. The number of amides is 1. The zero-order chi connectivity index (χ0) is 24.9. The fourth-order valence-corrected chi connectivity index (χ4v) is 5.15. The molecule has 0 aliphatic carbocycles. The summed E-state index contributed by atoms with van der Waals surface area (Å²) in [5.74, 6) is 1.37. The van der Waals surface area contributed by atoms with E-state index < -0.39 is 0 Å². The minimum absolute atomic E-state index is 0.215. The van der Waals surface area contributed by atoms with Crippen LogP contribution in [-0.2, 0) is 9.53 Å².